The van der Waals surface area contributed by atoms with Gasteiger partial charge < -0.3 is 14.4 Å². The van der Waals surface area contributed by atoms with Crippen LogP contribution in [0.15, 0.2) is 89.1 Å². The molecule has 9 heteroatoms. The Morgan fingerprint density at radius 2 is 1.50 bits per heavy atom. The van der Waals surface area contributed by atoms with Crippen LogP contribution in [0.3, 0.4) is 0 Å². The topological polar surface area (TPSA) is 102 Å². The summed E-state index contributed by atoms with van der Waals surface area (Å²) in [6, 6.07) is 12.8. The molecule has 0 aliphatic carbocycles. The average Bonchev–Trinajstić information content (AvgIpc) is 3.02. The first kappa shape index (κ1) is 22.8. The maximum Gasteiger partial charge on any atom is 0.355 e. The first-order valence-corrected chi connectivity index (χ1v) is 11.0. The van der Waals surface area contributed by atoms with Crippen LogP contribution in [0.2, 0.25) is 0 Å². The predicted molar refractivity (Wildman–Crippen MR) is 120 cm³/mol. The van der Waals surface area contributed by atoms with Gasteiger partial charge in [-0.3, -0.25) is 4.72 Å². The number of allylic oxidation sites excluding steroid dienone is 2. The van der Waals surface area contributed by atoms with Gasteiger partial charge in [-0.25, -0.2) is 18.0 Å². The van der Waals surface area contributed by atoms with Gasteiger partial charge in [-0.15, -0.1) is 0 Å². The molecule has 0 saturated carbocycles. The van der Waals surface area contributed by atoms with Crippen LogP contribution in [0.5, 0.6) is 0 Å². The zero-order valence-electron chi connectivity index (χ0n) is 17.7. The Balaban J connectivity index is 1.96. The number of hydrogen-bond donors (Lipinski definition) is 1. The van der Waals surface area contributed by atoms with Crippen molar-refractivity contribution in [2.45, 2.75) is 11.8 Å². The van der Waals surface area contributed by atoms with E-state index in [1.54, 1.807) is 42.6 Å². The molecular weight excluding hydrogens is 432 g/mol. The van der Waals surface area contributed by atoms with Gasteiger partial charge in [0.25, 0.3) is 10.0 Å². The van der Waals surface area contributed by atoms with Crippen molar-refractivity contribution in [2.24, 2.45) is 0 Å². The number of sulfonamides is 1. The van der Waals surface area contributed by atoms with Gasteiger partial charge in [-0.2, -0.15) is 0 Å². The highest BCUT2D eigenvalue weighted by Gasteiger charge is 2.27. The zero-order chi connectivity index (χ0) is 23.3. The van der Waals surface area contributed by atoms with Crippen molar-refractivity contribution in [3.8, 4) is 0 Å². The molecule has 0 aromatic heterocycles. The highest BCUT2D eigenvalue weighted by atomic mass is 32.2. The lowest BCUT2D eigenvalue weighted by molar-refractivity contribution is -0.139. The standard InChI is InChI=1S/C23H22N2O6S/c1-16-7-9-17(10-8-16)24-32(28,29)19-13-11-18(12-14-19)25-15-5-4-6-20(22(26)30-2)21(25)23(27)31-3/h4-15,24H,1-3H3. The van der Waals surface area contributed by atoms with E-state index in [1.807, 2.05) is 6.92 Å². The SMILES string of the molecule is COC(=O)C1=C(C(=O)OC)N(c2ccc(S(=O)(=O)Nc3ccc(C)cc3)cc2)C=CC=C1. The summed E-state index contributed by atoms with van der Waals surface area (Å²) in [5, 5.41) is 0. The molecule has 8 nitrogen and oxygen atoms in total. The molecule has 0 atom stereocenters. The molecule has 0 bridgehead atoms. The number of esters is 2. The highest BCUT2D eigenvalue weighted by Crippen LogP contribution is 2.28. The molecule has 0 saturated heterocycles. The van der Waals surface area contributed by atoms with Gasteiger partial charge >= 0.3 is 11.9 Å². The van der Waals surface area contributed by atoms with Crippen molar-refractivity contribution in [3.05, 3.63) is 89.8 Å². The lowest BCUT2D eigenvalue weighted by Crippen LogP contribution is -2.27. The number of ether oxygens (including phenoxy) is 2. The molecule has 2 aromatic carbocycles. The summed E-state index contributed by atoms with van der Waals surface area (Å²) >= 11 is 0. The van der Waals surface area contributed by atoms with Crippen LogP contribution in [-0.4, -0.2) is 34.6 Å². The number of carbonyl (C=O) groups is 2. The molecule has 3 rings (SSSR count). The molecule has 166 valence electrons. The van der Waals surface area contributed by atoms with Crippen LogP contribution in [0, 0.1) is 6.92 Å². The van der Waals surface area contributed by atoms with Crippen LogP contribution < -0.4 is 9.62 Å². The fraction of sp³-hybridized carbons (Fsp3) is 0.130. The second kappa shape index (κ2) is 9.52. The number of nitrogens with one attached hydrogen (secondary N) is 1. The van der Waals surface area contributed by atoms with Crippen LogP contribution in [-0.2, 0) is 29.1 Å². The number of hydrogen-bond acceptors (Lipinski definition) is 7. The first-order valence-electron chi connectivity index (χ1n) is 9.51. The Hall–Kier alpha value is -3.85. The van der Waals surface area contributed by atoms with E-state index in [4.69, 9.17) is 9.47 Å². The Morgan fingerprint density at radius 3 is 2.09 bits per heavy atom. The summed E-state index contributed by atoms with van der Waals surface area (Å²) in [6.07, 6.45) is 6.22. The fourth-order valence-corrected chi connectivity index (χ4v) is 4.05. The van der Waals surface area contributed by atoms with Gasteiger partial charge in [-0.1, -0.05) is 23.8 Å². The maximum absolute atomic E-state index is 12.7. The number of nitrogens with zero attached hydrogens (tertiary/aromatic N) is 1. The monoisotopic (exact) mass is 454 g/mol. The Labute approximate surface area is 186 Å². The highest BCUT2D eigenvalue weighted by molar-refractivity contribution is 7.92. The number of benzene rings is 2. The third kappa shape index (κ3) is 4.89. The van der Waals surface area contributed by atoms with Gasteiger partial charge in [0.15, 0.2) is 0 Å². The van der Waals surface area contributed by atoms with Gasteiger partial charge in [0.2, 0.25) is 0 Å². The molecular formula is C23H22N2O6S. The fourth-order valence-electron chi connectivity index (χ4n) is 2.99. The molecule has 0 amide bonds. The summed E-state index contributed by atoms with van der Waals surface area (Å²) in [4.78, 5) is 26.2. The minimum absolute atomic E-state index is 0.00193. The van der Waals surface area contributed by atoms with E-state index in [9.17, 15) is 18.0 Å². The molecule has 0 fully saturated rings. The summed E-state index contributed by atoms with van der Waals surface area (Å²) in [6.45, 7) is 1.91. The van der Waals surface area contributed by atoms with Crippen molar-refractivity contribution >= 4 is 33.3 Å². The van der Waals surface area contributed by atoms with Crippen LogP contribution >= 0.6 is 0 Å². The molecule has 2 aromatic rings. The molecule has 32 heavy (non-hydrogen) atoms. The summed E-state index contributed by atoms with van der Waals surface area (Å²) in [5.74, 6) is -1.46. The zero-order valence-corrected chi connectivity index (χ0v) is 18.5. The lowest BCUT2D eigenvalue weighted by atomic mass is 10.1. The van der Waals surface area contributed by atoms with E-state index in [2.05, 4.69) is 4.72 Å². The Bertz CT molecular complexity index is 1210. The van der Waals surface area contributed by atoms with Crippen LogP contribution in [0.1, 0.15) is 5.56 Å². The molecule has 1 N–H and O–H groups in total. The van der Waals surface area contributed by atoms with E-state index < -0.39 is 22.0 Å². The minimum atomic E-state index is -3.82. The molecule has 0 unspecified atom stereocenters. The predicted octanol–water partition coefficient (Wildman–Crippen LogP) is 3.29. The number of aryl methyl sites for hydroxylation is 1. The maximum atomic E-state index is 12.7. The number of carbonyl (C=O) groups excluding carboxylic acids is 2. The third-order valence-electron chi connectivity index (χ3n) is 4.62. The van der Waals surface area contributed by atoms with Crippen molar-refractivity contribution in [3.63, 3.8) is 0 Å². The normalized spacial score (nSPS) is 13.5. The van der Waals surface area contributed by atoms with Crippen LogP contribution in [0.25, 0.3) is 0 Å². The van der Waals surface area contributed by atoms with Gasteiger partial charge in [0.1, 0.15) is 5.70 Å². The molecule has 0 radical (unpaired) electrons. The quantitative estimate of drug-likeness (QED) is 0.668. The molecule has 1 aliphatic heterocycles. The average molecular weight is 455 g/mol. The number of methoxy groups -OCH3 is 2. The summed E-state index contributed by atoms with van der Waals surface area (Å²) in [5.41, 5.74) is 1.85. The Kier molecular flexibility index (Phi) is 6.79. The third-order valence-corrected chi connectivity index (χ3v) is 6.02. The molecule has 0 spiro atoms. The Morgan fingerprint density at radius 1 is 0.875 bits per heavy atom. The van der Waals surface area contributed by atoms with Gasteiger partial charge in [0.05, 0.1) is 24.7 Å². The molecule has 1 heterocycles. The van der Waals surface area contributed by atoms with Crippen LogP contribution in [0.4, 0.5) is 11.4 Å². The van der Waals surface area contributed by atoms with Crippen molar-refractivity contribution in [1.82, 2.24) is 0 Å². The smallest absolute Gasteiger partial charge is 0.355 e. The van der Waals surface area contributed by atoms with Crippen molar-refractivity contribution in [1.29, 1.82) is 0 Å². The summed E-state index contributed by atoms with van der Waals surface area (Å²) in [7, 11) is -1.41. The van der Waals surface area contributed by atoms with E-state index in [0.717, 1.165) is 5.56 Å². The molecule has 1 aliphatic rings. The van der Waals surface area contributed by atoms with E-state index in [1.165, 1.54) is 49.5 Å². The summed E-state index contributed by atoms with van der Waals surface area (Å²) < 4.78 is 37.6. The minimum Gasteiger partial charge on any atom is -0.465 e. The van der Waals surface area contributed by atoms with E-state index in [-0.39, 0.29) is 16.2 Å². The van der Waals surface area contributed by atoms with Crippen molar-refractivity contribution < 1.29 is 27.5 Å². The number of rotatable bonds is 6. The van der Waals surface area contributed by atoms with E-state index in [0.29, 0.717) is 11.4 Å². The van der Waals surface area contributed by atoms with E-state index >= 15 is 0 Å². The van der Waals surface area contributed by atoms with Crippen molar-refractivity contribution in [2.75, 3.05) is 23.8 Å². The van der Waals surface area contributed by atoms with Gasteiger partial charge in [0, 0.05) is 17.6 Å². The van der Waals surface area contributed by atoms with Gasteiger partial charge in [-0.05, 0) is 55.5 Å². The lowest BCUT2D eigenvalue weighted by Gasteiger charge is -2.23. The second-order valence-electron chi connectivity index (χ2n) is 6.78. The first-order chi connectivity index (χ1) is 15.3. The largest absolute Gasteiger partial charge is 0.465 e. The second-order valence-corrected chi connectivity index (χ2v) is 8.46. The number of anilines is 2.